The van der Waals surface area contributed by atoms with E-state index >= 15 is 0 Å². The van der Waals surface area contributed by atoms with Gasteiger partial charge in [-0.2, -0.15) is 0 Å². The Kier molecular flexibility index (Phi) is 3.27. The first-order valence-corrected chi connectivity index (χ1v) is 5.76. The van der Waals surface area contributed by atoms with Crippen LogP contribution in [0.1, 0.15) is 24.3 Å². The van der Waals surface area contributed by atoms with Crippen LogP contribution in [0.25, 0.3) is 0 Å². The van der Waals surface area contributed by atoms with E-state index in [2.05, 4.69) is 48.6 Å². The first-order chi connectivity index (χ1) is 7.29. The molecule has 1 unspecified atom stereocenters. The van der Waals surface area contributed by atoms with Gasteiger partial charge in [-0.1, -0.05) is 18.2 Å². The van der Waals surface area contributed by atoms with Crippen molar-refractivity contribution in [3.8, 4) is 0 Å². The summed E-state index contributed by atoms with van der Waals surface area (Å²) in [5.74, 6) is 0.692. The number of benzene rings is 1. The molecule has 1 atom stereocenters. The average Bonchev–Trinajstić information content (AvgIpc) is 2.30. The Balaban J connectivity index is 2.25. The number of nitrogens with zero attached hydrogens (tertiary/aromatic N) is 1. The largest absolute Gasteiger partial charge is 0.377 e. The molecule has 0 amide bonds. The number of para-hydroxylation sites is 1. The van der Waals surface area contributed by atoms with Gasteiger partial charge in [0.25, 0.3) is 0 Å². The van der Waals surface area contributed by atoms with Crippen molar-refractivity contribution in [2.45, 2.75) is 18.8 Å². The fourth-order valence-electron chi connectivity index (χ4n) is 2.36. The SMILES string of the molecule is CN(C)c1ccccc1C1CCCNC1. The van der Waals surface area contributed by atoms with E-state index in [0.29, 0.717) is 5.92 Å². The average molecular weight is 204 g/mol. The van der Waals surface area contributed by atoms with Crippen LogP contribution in [0, 0.1) is 0 Å². The van der Waals surface area contributed by atoms with E-state index in [4.69, 9.17) is 0 Å². The van der Waals surface area contributed by atoms with Crippen molar-refractivity contribution >= 4 is 5.69 Å². The molecule has 1 aliphatic rings. The van der Waals surface area contributed by atoms with E-state index in [1.807, 2.05) is 0 Å². The molecule has 0 bridgehead atoms. The molecule has 0 spiro atoms. The van der Waals surface area contributed by atoms with E-state index in [9.17, 15) is 0 Å². The summed E-state index contributed by atoms with van der Waals surface area (Å²) in [5, 5.41) is 3.48. The molecule has 1 fully saturated rings. The summed E-state index contributed by atoms with van der Waals surface area (Å²) in [7, 11) is 4.24. The molecule has 2 rings (SSSR count). The van der Waals surface area contributed by atoms with Gasteiger partial charge in [0.15, 0.2) is 0 Å². The van der Waals surface area contributed by atoms with Gasteiger partial charge in [-0.05, 0) is 36.9 Å². The molecule has 2 heteroatoms. The zero-order chi connectivity index (χ0) is 10.7. The molecule has 1 aliphatic heterocycles. The number of anilines is 1. The highest BCUT2D eigenvalue weighted by Gasteiger charge is 2.18. The van der Waals surface area contributed by atoms with Gasteiger partial charge in [0.2, 0.25) is 0 Å². The minimum Gasteiger partial charge on any atom is -0.377 e. The summed E-state index contributed by atoms with van der Waals surface area (Å²) >= 11 is 0. The molecule has 1 aromatic rings. The van der Waals surface area contributed by atoms with E-state index < -0.39 is 0 Å². The lowest BCUT2D eigenvalue weighted by Crippen LogP contribution is -2.29. The monoisotopic (exact) mass is 204 g/mol. The molecule has 0 aliphatic carbocycles. The van der Waals surface area contributed by atoms with Crippen molar-refractivity contribution in [3.05, 3.63) is 29.8 Å². The lowest BCUT2D eigenvalue weighted by atomic mass is 9.90. The smallest absolute Gasteiger partial charge is 0.0396 e. The summed E-state index contributed by atoms with van der Waals surface area (Å²) in [6, 6.07) is 8.75. The summed E-state index contributed by atoms with van der Waals surface area (Å²) in [5.41, 5.74) is 2.86. The molecule has 2 nitrogen and oxygen atoms in total. The first-order valence-electron chi connectivity index (χ1n) is 5.76. The summed E-state index contributed by atoms with van der Waals surface area (Å²) in [6.07, 6.45) is 2.62. The predicted molar refractivity (Wildman–Crippen MR) is 65.6 cm³/mol. The Hall–Kier alpha value is -1.02. The third-order valence-corrected chi connectivity index (χ3v) is 3.16. The maximum Gasteiger partial charge on any atom is 0.0396 e. The zero-order valence-electron chi connectivity index (χ0n) is 9.66. The quantitative estimate of drug-likeness (QED) is 0.794. The lowest BCUT2D eigenvalue weighted by Gasteiger charge is -2.27. The topological polar surface area (TPSA) is 15.3 Å². The highest BCUT2D eigenvalue weighted by atomic mass is 15.1. The maximum atomic E-state index is 3.48. The van der Waals surface area contributed by atoms with Gasteiger partial charge in [-0.3, -0.25) is 0 Å². The second-order valence-electron chi connectivity index (χ2n) is 4.50. The molecule has 0 aromatic heterocycles. The van der Waals surface area contributed by atoms with Crippen LogP contribution in [0.2, 0.25) is 0 Å². The number of hydrogen-bond acceptors (Lipinski definition) is 2. The number of nitrogens with one attached hydrogen (secondary N) is 1. The highest BCUT2D eigenvalue weighted by Crippen LogP contribution is 2.30. The van der Waals surface area contributed by atoms with Crippen molar-refractivity contribution in [2.24, 2.45) is 0 Å². The molecular formula is C13H20N2. The normalized spacial score (nSPS) is 21.3. The lowest BCUT2D eigenvalue weighted by molar-refractivity contribution is 0.462. The van der Waals surface area contributed by atoms with Crippen LogP contribution >= 0.6 is 0 Å². The maximum absolute atomic E-state index is 3.48. The summed E-state index contributed by atoms with van der Waals surface area (Å²) in [6.45, 7) is 2.31. The number of hydrogen-bond donors (Lipinski definition) is 1. The summed E-state index contributed by atoms with van der Waals surface area (Å²) in [4.78, 5) is 2.21. The van der Waals surface area contributed by atoms with Gasteiger partial charge in [-0.25, -0.2) is 0 Å². The Morgan fingerprint density at radius 3 is 2.73 bits per heavy atom. The van der Waals surface area contributed by atoms with Crippen LogP contribution in [0.3, 0.4) is 0 Å². The molecule has 15 heavy (non-hydrogen) atoms. The van der Waals surface area contributed by atoms with Crippen molar-refractivity contribution in [1.82, 2.24) is 5.32 Å². The minimum absolute atomic E-state index is 0.692. The molecule has 1 N–H and O–H groups in total. The van der Waals surface area contributed by atoms with Gasteiger partial charge >= 0.3 is 0 Å². The van der Waals surface area contributed by atoms with Crippen LogP contribution in [0.5, 0.6) is 0 Å². The molecule has 0 saturated carbocycles. The molecule has 1 heterocycles. The Morgan fingerprint density at radius 1 is 1.27 bits per heavy atom. The zero-order valence-corrected chi connectivity index (χ0v) is 9.66. The van der Waals surface area contributed by atoms with Crippen LogP contribution in [0.15, 0.2) is 24.3 Å². The van der Waals surface area contributed by atoms with Crippen molar-refractivity contribution < 1.29 is 0 Å². The van der Waals surface area contributed by atoms with E-state index in [1.165, 1.54) is 30.6 Å². The second-order valence-corrected chi connectivity index (χ2v) is 4.50. The van der Waals surface area contributed by atoms with Crippen LogP contribution in [-0.4, -0.2) is 27.2 Å². The van der Waals surface area contributed by atoms with E-state index in [1.54, 1.807) is 0 Å². The molecule has 1 aromatic carbocycles. The molecule has 0 radical (unpaired) electrons. The Labute approximate surface area is 92.3 Å². The van der Waals surface area contributed by atoms with Gasteiger partial charge in [0, 0.05) is 26.3 Å². The minimum atomic E-state index is 0.692. The van der Waals surface area contributed by atoms with Gasteiger partial charge in [0.05, 0.1) is 0 Å². The van der Waals surface area contributed by atoms with E-state index in [-0.39, 0.29) is 0 Å². The standard InChI is InChI=1S/C13H20N2/c1-15(2)13-8-4-3-7-12(13)11-6-5-9-14-10-11/h3-4,7-8,11,14H,5-6,9-10H2,1-2H3. The first kappa shape index (κ1) is 10.5. The highest BCUT2D eigenvalue weighted by molar-refractivity contribution is 5.54. The van der Waals surface area contributed by atoms with Gasteiger partial charge < -0.3 is 10.2 Å². The van der Waals surface area contributed by atoms with Crippen molar-refractivity contribution in [3.63, 3.8) is 0 Å². The second kappa shape index (κ2) is 4.67. The van der Waals surface area contributed by atoms with Crippen LogP contribution in [-0.2, 0) is 0 Å². The van der Waals surface area contributed by atoms with Gasteiger partial charge in [-0.15, -0.1) is 0 Å². The fourth-order valence-corrected chi connectivity index (χ4v) is 2.36. The van der Waals surface area contributed by atoms with E-state index in [0.717, 1.165) is 6.54 Å². The number of rotatable bonds is 2. The molecule has 1 saturated heterocycles. The molecule has 82 valence electrons. The molecular weight excluding hydrogens is 184 g/mol. The fraction of sp³-hybridized carbons (Fsp3) is 0.538. The Morgan fingerprint density at radius 2 is 2.07 bits per heavy atom. The van der Waals surface area contributed by atoms with Crippen molar-refractivity contribution in [2.75, 3.05) is 32.1 Å². The number of piperidine rings is 1. The Bertz CT molecular complexity index is 314. The third kappa shape index (κ3) is 2.32. The third-order valence-electron chi connectivity index (χ3n) is 3.16. The van der Waals surface area contributed by atoms with Gasteiger partial charge in [0.1, 0.15) is 0 Å². The predicted octanol–water partition coefficient (Wildman–Crippen LogP) is 2.22. The summed E-state index contributed by atoms with van der Waals surface area (Å²) < 4.78 is 0. The van der Waals surface area contributed by atoms with Crippen molar-refractivity contribution in [1.29, 1.82) is 0 Å². The van der Waals surface area contributed by atoms with Crippen LogP contribution < -0.4 is 10.2 Å². The van der Waals surface area contributed by atoms with Crippen LogP contribution in [0.4, 0.5) is 5.69 Å².